The van der Waals surface area contributed by atoms with Crippen molar-refractivity contribution in [1.29, 1.82) is 0 Å². The van der Waals surface area contributed by atoms with Crippen LogP contribution in [-0.2, 0) is 11.2 Å². The molecule has 0 aliphatic heterocycles. The van der Waals surface area contributed by atoms with Crippen LogP contribution < -0.4 is 10.6 Å². The predicted octanol–water partition coefficient (Wildman–Crippen LogP) is 3.92. The Balaban J connectivity index is 2.34. The summed E-state index contributed by atoms with van der Waals surface area (Å²) in [5.74, 6) is -0.688. The van der Waals surface area contributed by atoms with Crippen molar-refractivity contribution in [2.45, 2.75) is 20.3 Å². The van der Waals surface area contributed by atoms with Crippen molar-refractivity contribution in [3.05, 3.63) is 45.8 Å². The Morgan fingerprint density at radius 2 is 1.89 bits per heavy atom. The normalized spacial score (nSPS) is 10.3. The second kappa shape index (κ2) is 8.96. The number of aryl methyl sites for hydroxylation is 1. The van der Waals surface area contributed by atoms with Gasteiger partial charge in [0.15, 0.2) is 5.11 Å². The molecule has 144 valence electrons. The first kappa shape index (κ1) is 20.9. The highest BCUT2D eigenvalue weighted by atomic mass is 32.1. The number of hydrogen-bond acceptors (Lipinski definition) is 5. The molecule has 0 unspecified atom stereocenters. The fraction of sp³-hybridized carbons (Fsp3) is 0.316. The summed E-state index contributed by atoms with van der Waals surface area (Å²) in [5.41, 5.74) is 2.92. The number of ether oxygens (including phenoxy) is 1. The van der Waals surface area contributed by atoms with Gasteiger partial charge in [0, 0.05) is 19.8 Å². The van der Waals surface area contributed by atoms with Gasteiger partial charge >= 0.3 is 5.97 Å². The Kier molecular flexibility index (Phi) is 6.92. The number of rotatable bonds is 5. The molecule has 0 aliphatic rings. The number of nitrogens with one attached hydrogen (secondary N) is 2. The van der Waals surface area contributed by atoms with Crippen LogP contribution >= 0.6 is 23.6 Å². The van der Waals surface area contributed by atoms with Crippen molar-refractivity contribution in [1.82, 2.24) is 4.90 Å². The molecule has 0 radical (unpaired) electrons. The number of para-hydroxylation sites is 1. The van der Waals surface area contributed by atoms with Gasteiger partial charge in [0.05, 0.1) is 17.6 Å². The number of benzene rings is 1. The molecule has 1 heterocycles. The van der Waals surface area contributed by atoms with Crippen LogP contribution in [0, 0.1) is 6.92 Å². The molecule has 27 heavy (non-hydrogen) atoms. The maximum atomic E-state index is 12.4. The quantitative estimate of drug-likeness (QED) is 0.580. The molecule has 2 N–H and O–H groups in total. The predicted molar refractivity (Wildman–Crippen MR) is 114 cm³/mol. The highest BCUT2D eigenvalue weighted by molar-refractivity contribution is 7.80. The lowest BCUT2D eigenvalue weighted by Gasteiger charge is -2.13. The first-order valence-corrected chi connectivity index (χ1v) is 9.61. The minimum atomic E-state index is -0.513. The summed E-state index contributed by atoms with van der Waals surface area (Å²) < 4.78 is 4.89. The third kappa shape index (κ3) is 4.64. The Labute approximate surface area is 168 Å². The fourth-order valence-corrected chi connectivity index (χ4v) is 4.06. The Bertz CT molecular complexity index is 875. The van der Waals surface area contributed by atoms with Gasteiger partial charge in [-0.3, -0.25) is 4.79 Å². The van der Waals surface area contributed by atoms with E-state index < -0.39 is 5.97 Å². The zero-order valence-electron chi connectivity index (χ0n) is 16.0. The van der Waals surface area contributed by atoms with E-state index in [2.05, 4.69) is 17.6 Å². The number of esters is 1. The van der Waals surface area contributed by atoms with Crippen molar-refractivity contribution in [2.75, 3.05) is 31.8 Å². The summed E-state index contributed by atoms with van der Waals surface area (Å²) in [7, 11) is 4.64. The molecule has 2 rings (SSSR count). The third-order valence-electron chi connectivity index (χ3n) is 4.01. The zero-order chi connectivity index (χ0) is 20.1. The number of amides is 1. The van der Waals surface area contributed by atoms with E-state index in [0.29, 0.717) is 26.1 Å². The fourth-order valence-electron chi connectivity index (χ4n) is 2.56. The first-order valence-electron chi connectivity index (χ1n) is 8.39. The zero-order valence-corrected chi connectivity index (χ0v) is 17.6. The molecular formula is C19H23N3O3S2. The molecule has 0 aliphatic carbocycles. The topological polar surface area (TPSA) is 70.7 Å². The number of thiocarbonyl (C=S) groups is 1. The smallest absolute Gasteiger partial charge is 0.341 e. The average molecular weight is 406 g/mol. The van der Waals surface area contributed by atoms with Crippen molar-refractivity contribution < 1.29 is 14.3 Å². The van der Waals surface area contributed by atoms with Gasteiger partial charge < -0.3 is 20.3 Å². The Hall–Kier alpha value is -2.45. The summed E-state index contributed by atoms with van der Waals surface area (Å²) in [6, 6.07) is 7.85. The van der Waals surface area contributed by atoms with Crippen LogP contribution in [0.15, 0.2) is 24.3 Å². The number of methoxy groups -OCH3 is 1. The van der Waals surface area contributed by atoms with Crippen molar-refractivity contribution >= 4 is 51.2 Å². The van der Waals surface area contributed by atoms with E-state index in [1.165, 1.54) is 23.3 Å². The largest absolute Gasteiger partial charge is 0.465 e. The van der Waals surface area contributed by atoms with Crippen LogP contribution in [0.2, 0.25) is 0 Å². The maximum absolute atomic E-state index is 12.4. The van der Waals surface area contributed by atoms with Crippen LogP contribution in [0.1, 0.15) is 38.1 Å². The van der Waals surface area contributed by atoms with E-state index in [-0.39, 0.29) is 5.91 Å². The molecule has 0 spiro atoms. The van der Waals surface area contributed by atoms with Crippen molar-refractivity contribution in [3.8, 4) is 0 Å². The van der Waals surface area contributed by atoms with Gasteiger partial charge in [0.1, 0.15) is 5.00 Å². The van der Waals surface area contributed by atoms with Crippen LogP contribution in [0.5, 0.6) is 0 Å². The number of anilines is 2. The third-order valence-corrected chi connectivity index (χ3v) is 5.41. The second-order valence-corrected chi connectivity index (χ2v) is 7.47. The Morgan fingerprint density at radius 3 is 2.48 bits per heavy atom. The molecule has 0 fully saturated rings. The van der Waals surface area contributed by atoms with E-state index in [0.717, 1.165) is 17.7 Å². The molecule has 0 atom stereocenters. The van der Waals surface area contributed by atoms with Gasteiger partial charge in [-0.2, -0.15) is 0 Å². The van der Waals surface area contributed by atoms with Crippen LogP contribution in [0.25, 0.3) is 0 Å². The summed E-state index contributed by atoms with van der Waals surface area (Å²) in [6.45, 7) is 3.79. The highest BCUT2D eigenvalue weighted by Crippen LogP contribution is 2.34. The standard InChI is InChI=1S/C19H23N3O3S2/c1-6-12-9-7-8-10-13(12)20-19(26)21-16-14(18(24)25-5)11(2)15(27-16)17(23)22(3)4/h7-10H,6H2,1-5H3,(H2,20,21,26). The average Bonchev–Trinajstić information content (AvgIpc) is 2.96. The maximum Gasteiger partial charge on any atom is 0.341 e. The van der Waals surface area contributed by atoms with Gasteiger partial charge in [-0.1, -0.05) is 25.1 Å². The van der Waals surface area contributed by atoms with E-state index in [9.17, 15) is 9.59 Å². The SMILES string of the molecule is CCc1ccccc1NC(=S)Nc1sc(C(=O)N(C)C)c(C)c1C(=O)OC. The monoisotopic (exact) mass is 405 g/mol. The summed E-state index contributed by atoms with van der Waals surface area (Å²) in [6.07, 6.45) is 0.860. The Morgan fingerprint density at radius 1 is 1.22 bits per heavy atom. The highest BCUT2D eigenvalue weighted by Gasteiger charge is 2.26. The van der Waals surface area contributed by atoms with Gasteiger partial charge in [0.2, 0.25) is 0 Å². The van der Waals surface area contributed by atoms with Crippen LogP contribution in [0.3, 0.4) is 0 Å². The summed E-state index contributed by atoms with van der Waals surface area (Å²) >= 11 is 6.60. The molecule has 6 nitrogen and oxygen atoms in total. The molecule has 0 saturated heterocycles. The molecule has 0 bridgehead atoms. The second-order valence-electron chi connectivity index (χ2n) is 6.04. The molecule has 2 aromatic rings. The van der Waals surface area contributed by atoms with Crippen molar-refractivity contribution in [3.63, 3.8) is 0 Å². The molecule has 1 aromatic carbocycles. The molecule has 0 saturated carbocycles. The van der Waals surface area contributed by atoms with Gasteiger partial charge in [0.25, 0.3) is 5.91 Å². The summed E-state index contributed by atoms with van der Waals surface area (Å²) in [4.78, 5) is 26.6. The molecule has 1 amide bonds. The molecule has 8 heteroatoms. The van der Waals surface area contributed by atoms with E-state index in [1.807, 2.05) is 24.3 Å². The van der Waals surface area contributed by atoms with Gasteiger partial charge in [-0.05, 0) is 42.8 Å². The lowest BCUT2D eigenvalue weighted by Crippen LogP contribution is -2.21. The van der Waals surface area contributed by atoms with E-state index in [4.69, 9.17) is 17.0 Å². The lowest BCUT2D eigenvalue weighted by atomic mass is 10.1. The van der Waals surface area contributed by atoms with Gasteiger partial charge in [-0.25, -0.2) is 4.79 Å². The minimum Gasteiger partial charge on any atom is -0.465 e. The summed E-state index contributed by atoms with van der Waals surface area (Å²) in [5, 5.41) is 7.02. The van der Waals surface area contributed by atoms with Crippen molar-refractivity contribution in [2.24, 2.45) is 0 Å². The van der Waals surface area contributed by atoms with Gasteiger partial charge in [-0.15, -0.1) is 11.3 Å². The number of carbonyl (C=O) groups is 2. The number of carbonyl (C=O) groups excluding carboxylic acids is 2. The number of thiophene rings is 1. The van der Waals surface area contributed by atoms with Crippen LogP contribution in [-0.4, -0.2) is 43.1 Å². The lowest BCUT2D eigenvalue weighted by molar-refractivity contribution is 0.0601. The first-order chi connectivity index (χ1) is 12.8. The number of hydrogen-bond donors (Lipinski definition) is 2. The molecular weight excluding hydrogens is 382 g/mol. The van der Waals surface area contributed by atoms with E-state index in [1.54, 1.807) is 21.0 Å². The van der Waals surface area contributed by atoms with E-state index >= 15 is 0 Å². The molecule has 1 aromatic heterocycles. The number of nitrogens with zero attached hydrogens (tertiary/aromatic N) is 1. The van der Waals surface area contributed by atoms with Crippen LogP contribution in [0.4, 0.5) is 10.7 Å². The minimum absolute atomic E-state index is 0.175.